The summed E-state index contributed by atoms with van der Waals surface area (Å²) in [5.74, 6) is 0.163. The molecule has 0 unspecified atom stereocenters. The van der Waals surface area contributed by atoms with E-state index in [0.717, 1.165) is 0 Å². The van der Waals surface area contributed by atoms with E-state index in [4.69, 9.17) is 23.2 Å². The molecular weight excluding hydrogens is 481 g/mol. The van der Waals surface area contributed by atoms with E-state index in [-0.39, 0.29) is 23.4 Å². The molecule has 33 heavy (non-hydrogen) atoms. The summed E-state index contributed by atoms with van der Waals surface area (Å²) in [6.07, 6.45) is 1.64. The van der Waals surface area contributed by atoms with Crippen molar-refractivity contribution in [3.05, 3.63) is 68.6 Å². The monoisotopic (exact) mass is 501 g/mol. The molecule has 2 aromatic carbocycles. The Morgan fingerprint density at radius 3 is 2.64 bits per heavy atom. The largest absolute Gasteiger partial charge is 0.352 e. The van der Waals surface area contributed by atoms with Crippen LogP contribution in [0.4, 0.5) is 5.69 Å². The van der Waals surface area contributed by atoms with Crippen LogP contribution in [0.3, 0.4) is 0 Å². The lowest BCUT2D eigenvalue weighted by Gasteiger charge is -2.18. The minimum Gasteiger partial charge on any atom is -0.352 e. The fourth-order valence-electron chi connectivity index (χ4n) is 3.22. The van der Waals surface area contributed by atoms with E-state index < -0.39 is 5.41 Å². The van der Waals surface area contributed by atoms with Gasteiger partial charge in [-0.1, -0.05) is 56.1 Å². The molecule has 0 aliphatic rings. The Labute approximate surface area is 204 Å². The SMILES string of the molecule is CC(C)(C)C(=O)NCc1cccc(C(=O)Nc2ccc(Cl)c3c2cnn3-c2cscn2)c1Cl. The van der Waals surface area contributed by atoms with Gasteiger partial charge in [0, 0.05) is 22.7 Å². The molecule has 0 spiro atoms. The zero-order valence-corrected chi connectivity index (χ0v) is 20.5. The van der Waals surface area contributed by atoms with Crippen LogP contribution in [-0.2, 0) is 11.3 Å². The van der Waals surface area contributed by atoms with E-state index in [9.17, 15) is 9.59 Å². The second-order valence-corrected chi connectivity index (χ2v) is 9.93. The third kappa shape index (κ3) is 4.73. The number of amides is 2. The number of hydrogen-bond acceptors (Lipinski definition) is 5. The summed E-state index contributed by atoms with van der Waals surface area (Å²) in [6.45, 7) is 5.72. The molecule has 0 fully saturated rings. The van der Waals surface area contributed by atoms with E-state index in [1.165, 1.54) is 11.3 Å². The van der Waals surface area contributed by atoms with Crippen molar-refractivity contribution in [2.75, 3.05) is 5.32 Å². The number of aromatic nitrogens is 3. The number of nitrogens with zero attached hydrogens (tertiary/aromatic N) is 3. The minimum atomic E-state index is -0.523. The fourth-order valence-corrected chi connectivity index (χ4v) is 4.25. The van der Waals surface area contributed by atoms with Gasteiger partial charge in [0.15, 0.2) is 5.82 Å². The van der Waals surface area contributed by atoms with E-state index >= 15 is 0 Å². The van der Waals surface area contributed by atoms with E-state index in [1.807, 2.05) is 26.2 Å². The van der Waals surface area contributed by atoms with Crippen LogP contribution in [0, 0.1) is 5.41 Å². The number of rotatable bonds is 5. The first-order valence-electron chi connectivity index (χ1n) is 10.1. The van der Waals surface area contributed by atoms with Crippen LogP contribution in [-0.4, -0.2) is 26.6 Å². The molecule has 2 aromatic heterocycles. The number of carbonyl (C=O) groups is 2. The van der Waals surface area contributed by atoms with Crippen molar-refractivity contribution in [1.82, 2.24) is 20.1 Å². The van der Waals surface area contributed by atoms with Crippen LogP contribution in [0.25, 0.3) is 16.7 Å². The van der Waals surface area contributed by atoms with Gasteiger partial charge < -0.3 is 10.6 Å². The number of fused-ring (bicyclic) bond motifs is 1. The summed E-state index contributed by atoms with van der Waals surface area (Å²) in [5, 5.41) is 13.5. The van der Waals surface area contributed by atoms with Crippen LogP contribution in [0.1, 0.15) is 36.7 Å². The summed E-state index contributed by atoms with van der Waals surface area (Å²) in [6, 6.07) is 8.57. The zero-order chi connectivity index (χ0) is 23.8. The van der Waals surface area contributed by atoms with Gasteiger partial charge in [-0.05, 0) is 23.8 Å². The quantitative estimate of drug-likeness (QED) is 0.366. The van der Waals surface area contributed by atoms with Crippen LogP contribution >= 0.6 is 34.5 Å². The van der Waals surface area contributed by atoms with Crippen molar-refractivity contribution in [3.63, 3.8) is 0 Å². The van der Waals surface area contributed by atoms with Gasteiger partial charge in [0.1, 0.15) is 0 Å². The van der Waals surface area contributed by atoms with Gasteiger partial charge in [-0.25, -0.2) is 9.67 Å². The van der Waals surface area contributed by atoms with Crippen LogP contribution < -0.4 is 10.6 Å². The molecule has 0 saturated carbocycles. The van der Waals surface area contributed by atoms with Gasteiger partial charge >= 0.3 is 0 Å². The van der Waals surface area contributed by atoms with Crippen molar-refractivity contribution in [1.29, 1.82) is 0 Å². The highest BCUT2D eigenvalue weighted by atomic mass is 35.5. The van der Waals surface area contributed by atoms with Crippen molar-refractivity contribution in [3.8, 4) is 5.82 Å². The van der Waals surface area contributed by atoms with E-state index in [2.05, 4.69) is 20.7 Å². The Morgan fingerprint density at radius 1 is 1.15 bits per heavy atom. The molecule has 7 nitrogen and oxygen atoms in total. The van der Waals surface area contributed by atoms with Crippen LogP contribution in [0.2, 0.25) is 10.0 Å². The zero-order valence-electron chi connectivity index (χ0n) is 18.1. The number of nitrogens with one attached hydrogen (secondary N) is 2. The van der Waals surface area contributed by atoms with Crippen LogP contribution in [0.15, 0.2) is 47.4 Å². The Bertz CT molecular complexity index is 1340. The van der Waals surface area contributed by atoms with Gasteiger partial charge in [-0.2, -0.15) is 5.10 Å². The van der Waals surface area contributed by atoms with Gasteiger partial charge in [-0.3, -0.25) is 9.59 Å². The Hall–Kier alpha value is -2.94. The van der Waals surface area contributed by atoms with Gasteiger partial charge in [0.25, 0.3) is 5.91 Å². The van der Waals surface area contributed by atoms with Crippen LogP contribution in [0.5, 0.6) is 0 Å². The van der Waals surface area contributed by atoms with E-state index in [1.54, 1.807) is 46.7 Å². The first kappa shape index (κ1) is 23.2. The highest BCUT2D eigenvalue weighted by Crippen LogP contribution is 2.32. The smallest absolute Gasteiger partial charge is 0.257 e. The van der Waals surface area contributed by atoms with Gasteiger partial charge in [0.05, 0.1) is 38.5 Å². The summed E-state index contributed by atoms with van der Waals surface area (Å²) in [5.41, 5.74) is 3.33. The third-order valence-electron chi connectivity index (χ3n) is 5.01. The van der Waals surface area contributed by atoms with Gasteiger partial charge in [0.2, 0.25) is 5.91 Å². The third-order valence-corrected chi connectivity index (χ3v) is 6.34. The van der Waals surface area contributed by atoms with Crippen molar-refractivity contribution in [2.24, 2.45) is 5.41 Å². The summed E-state index contributed by atoms with van der Waals surface area (Å²) in [4.78, 5) is 29.6. The summed E-state index contributed by atoms with van der Waals surface area (Å²) in [7, 11) is 0. The molecule has 0 aliphatic heterocycles. The molecule has 4 rings (SSSR count). The van der Waals surface area contributed by atoms with Gasteiger partial charge in [-0.15, -0.1) is 11.3 Å². The average Bonchev–Trinajstić information content (AvgIpc) is 3.44. The number of hydrogen-bond donors (Lipinski definition) is 2. The maximum Gasteiger partial charge on any atom is 0.257 e. The number of carbonyl (C=O) groups excluding carboxylic acids is 2. The molecule has 4 aromatic rings. The lowest BCUT2D eigenvalue weighted by Crippen LogP contribution is -2.34. The second kappa shape index (κ2) is 9.13. The molecule has 0 atom stereocenters. The molecule has 0 saturated heterocycles. The minimum absolute atomic E-state index is 0.103. The lowest BCUT2D eigenvalue weighted by atomic mass is 9.95. The molecule has 0 bridgehead atoms. The highest BCUT2D eigenvalue weighted by molar-refractivity contribution is 7.07. The highest BCUT2D eigenvalue weighted by Gasteiger charge is 2.22. The maximum atomic E-state index is 13.1. The van der Waals surface area contributed by atoms with Crippen molar-refractivity contribution >= 4 is 62.9 Å². The topological polar surface area (TPSA) is 88.9 Å². The average molecular weight is 502 g/mol. The lowest BCUT2D eigenvalue weighted by molar-refractivity contribution is -0.128. The number of halogens is 2. The maximum absolute atomic E-state index is 13.1. The Kier molecular flexibility index (Phi) is 6.43. The fraction of sp³-hybridized carbons (Fsp3) is 0.217. The molecule has 2 heterocycles. The molecule has 0 aliphatic carbocycles. The molecule has 2 amide bonds. The van der Waals surface area contributed by atoms with E-state index in [0.29, 0.717) is 38.6 Å². The second-order valence-electron chi connectivity index (χ2n) is 8.43. The Balaban J connectivity index is 1.60. The Morgan fingerprint density at radius 2 is 1.94 bits per heavy atom. The number of thiazole rings is 1. The standard InChI is InChI=1S/C23H21Cl2N5O2S/c1-23(2,3)22(32)26-9-13-5-4-6-14(19(13)25)21(31)29-17-8-7-16(24)20-15(17)10-28-30(20)18-11-33-12-27-18/h4-8,10-12H,9H2,1-3H3,(H,26,32)(H,29,31). The molecule has 0 radical (unpaired) electrons. The molecule has 10 heteroatoms. The molecule has 170 valence electrons. The van der Waals surface area contributed by atoms with Crippen molar-refractivity contribution < 1.29 is 9.59 Å². The summed E-state index contributed by atoms with van der Waals surface area (Å²) < 4.78 is 1.63. The number of benzene rings is 2. The molecular formula is C23H21Cl2N5O2S. The number of anilines is 1. The predicted molar refractivity (Wildman–Crippen MR) is 132 cm³/mol. The normalized spacial score (nSPS) is 11.5. The first-order valence-corrected chi connectivity index (χ1v) is 11.8. The summed E-state index contributed by atoms with van der Waals surface area (Å²) >= 11 is 14.4. The van der Waals surface area contributed by atoms with Crippen molar-refractivity contribution in [2.45, 2.75) is 27.3 Å². The first-order chi connectivity index (χ1) is 15.7. The predicted octanol–water partition coefficient (Wildman–Crippen LogP) is 5.70. The molecule has 2 N–H and O–H groups in total.